The Labute approximate surface area is 161 Å². The molecule has 28 heavy (non-hydrogen) atoms. The lowest BCUT2D eigenvalue weighted by Crippen LogP contribution is -2.39. The standard InChI is InChI=1S/C20H19FN2O5/c1-13(20(26)22-15-8-6-14(21)7-9-15)28-19(25)12-23-16-4-2-3-5-17(16)27-11-10-18(23)24/h2-9,13H,10-12H2,1H3,(H,22,26)/t13-/m0/s1. The maximum Gasteiger partial charge on any atom is 0.326 e. The summed E-state index contributed by atoms with van der Waals surface area (Å²) in [5, 5.41) is 2.53. The highest BCUT2D eigenvalue weighted by Crippen LogP contribution is 2.30. The summed E-state index contributed by atoms with van der Waals surface area (Å²) in [6, 6.07) is 12.1. The minimum absolute atomic E-state index is 0.128. The number of hydrogen-bond acceptors (Lipinski definition) is 5. The second-order valence-corrected chi connectivity index (χ2v) is 6.17. The van der Waals surface area contributed by atoms with Gasteiger partial charge in [0, 0.05) is 5.69 Å². The SMILES string of the molecule is C[C@H](OC(=O)CN1C(=O)CCOc2ccccc21)C(=O)Nc1ccc(F)cc1. The molecule has 3 rings (SSSR count). The maximum absolute atomic E-state index is 12.9. The van der Waals surface area contributed by atoms with Crippen LogP contribution in [0.15, 0.2) is 48.5 Å². The van der Waals surface area contributed by atoms with Crippen LogP contribution in [0.4, 0.5) is 15.8 Å². The average Bonchev–Trinajstić information content (AvgIpc) is 2.83. The number of anilines is 2. The largest absolute Gasteiger partial charge is 0.491 e. The number of carbonyl (C=O) groups is 3. The Bertz CT molecular complexity index is 884. The molecule has 0 saturated carbocycles. The Morgan fingerprint density at radius 3 is 2.68 bits per heavy atom. The van der Waals surface area contributed by atoms with E-state index in [1.165, 1.54) is 36.1 Å². The Morgan fingerprint density at radius 2 is 1.93 bits per heavy atom. The molecule has 0 fully saturated rings. The van der Waals surface area contributed by atoms with Crippen molar-refractivity contribution in [2.45, 2.75) is 19.4 Å². The van der Waals surface area contributed by atoms with Crippen molar-refractivity contribution in [1.29, 1.82) is 0 Å². The first-order valence-corrected chi connectivity index (χ1v) is 8.72. The molecule has 2 aromatic carbocycles. The van der Waals surface area contributed by atoms with Crippen LogP contribution in [-0.2, 0) is 19.1 Å². The molecule has 1 atom stereocenters. The van der Waals surface area contributed by atoms with Crippen molar-refractivity contribution in [1.82, 2.24) is 0 Å². The number of nitrogens with zero attached hydrogens (tertiary/aromatic N) is 1. The number of nitrogens with one attached hydrogen (secondary N) is 1. The molecule has 0 aliphatic carbocycles. The van der Waals surface area contributed by atoms with E-state index < -0.39 is 23.8 Å². The highest BCUT2D eigenvalue weighted by atomic mass is 19.1. The Balaban J connectivity index is 1.62. The Kier molecular flexibility index (Phi) is 5.88. The summed E-state index contributed by atoms with van der Waals surface area (Å²) in [4.78, 5) is 38.1. The van der Waals surface area contributed by atoms with E-state index >= 15 is 0 Å². The van der Waals surface area contributed by atoms with Crippen molar-refractivity contribution in [2.24, 2.45) is 0 Å². The van der Waals surface area contributed by atoms with Crippen LogP contribution in [0.3, 0.4) is 0 Å². The highest BCUT2D eigenvalue weighted by molar-refractivity contribution is 6.00. The molecule has 0 spiro atoms. The lowest BCUT2D eigenvalue weighted by molar-refractivity contribution is -0.152. The van der Waals surface area contributed by atoms with Crippen LogP contribution in [-0.4, -0.2) is 37.0 Å². The number of hydrogen-bond donors (Lipinski definition) is 1. The van der Waals surface area contributed by atoms with Gasteiger partial charge in [0.2, 0.25) is 5.91 Å². The summed E-state index contributed by atoms with van der Waals surface area (Å²) in [5.41, 5.74) is 0.855. The molecule has 1 aliphatic heterocycles. The van der Waals surface area contributed by atoms with Gasteiger partial charge in [-0.15, -0.1) is 0 Å². The molecule has 146 valence electrons. The third-order valence-electron chi connectivity index (χ3n) is 4.11. The lowest BCUT2D eigenvalue weighted by atomic mass is 10.2. The summed E-state index contributed by atoms with van der Waals surface area (Å²) in [7, 11) is 0. The molecule has 7 nitrogen and oxygen atoms in total. The Hall–Kier alpha value is -3.42. The molecule has 1 heterocycles. The molecule has 1 N–H and O–H groups in total. The monoisotopic (exact) mass is 386 g/mol. The number of fused-ring (bicyclic) bond motifs is 1. The number of ether oxygens (including phenoxy) is 2. The quantitative estimate of drug-likeness (QED) is 0.798. The topological polar surface area (TPSA) is 84.9 Å². The van der Waals surface area contributed by atoms with E-state index in [4.69, 9.17) is 9.47 Å². The number of carbonyl (C=O) groups excluding carboxylic acids is 3. The van der Waals surface area contributed by atoms with E-state index in [1.807, 2.05) is 0 Å². The summed E-state index contributed by atoms with van der Waals surface area (Å²) >= 11 is 0. The van der Waals surface area contributed by atoms with Crippen LogP contribution in [0.1, 0.15) is 13.3 Å². The van der Waals surface area contributed by atoms with E-state index in [9.17, 15) is 18.8 Å². The first kappa shape index (κ1) is 19.3. The zero-order valence-corrected chi connectivity index (χ0v) is 15.2. The van der Waals surface area contributed by atoms with Crippen molar-refractivity contribution < 1.29 is 28.2 Å². The van der Waals surface area contributed by atoms with Gasteiger partial charge in [-0.25, -0.2) is 4.39 Å². The van der Waals surface area contributed by atoms with E-state index in [2.05, 4.69) is 5.32 Å². The fourth-order valence-corrected chi connectivity index (χ4v) is 2.69. The van der Waals surface area contributed by atoms with Gasteiger partial charge in [0.15, 0.2) is 6.10 Å². The number of halogens is 1. The summed E-state index contributed by atoms with van der Waals surface area (Å²) in [6.45, 7) is 1.29. The van der Waals surface area contributed by atoms with Gasteiger partial charge in [-0.1, -0.05) is 12.1 Å². The third-order valence-corrected chi connectivity index (χ3v) is 4.11. The zero-order valence-electron chi connectivity index (χ0n) is 15.2. The fraction of sp³-hybridized carbons (Fsp3) is 0.250. The van der Waals surface area contributed by atoms with E-state index in [1.54, 1.807) is 24.3 Å². The molecule has 2 amide bonds. The molecule has 0 bridgehead atoms. The minimum Gasteiger partial charge on any atom is -0.491 e. The first-order chi connectivity index (χ1) is 13.4. The molecular formula is C20H19FN2O5. The van der Waals surface area contributed by atoms with Crippen molar-refractivity contribution in [3.63, 3.8) is 0 Å². The second-order valence-electron chi connectivity index (χ2n) is 6.17. The van der Waals surface area contributed by atoms with Crippen LogP contribution < -0.4 is 15.0 Å². The van der Waals surface area contributed by atoms with E-state index in [0.717, 1.165) is 0 Å². The predicted molar refractivity (Wildman–Crippen MR) is 99.5 cm³/mol. The normalized spacial score (nSPS) is 14.4. The first-order valence-electron chi connectivity index (χ1n) is 8.72. The lowest BCUT2D eigenvalue weighted by Gasteiger charge is -2.22. The molecule has 0 saturated heterocycles. The van der Waals surface area contributed by atoms with Gasteiger partial charge < -0.3 is 14.8 Å². The van der Waals surface area contributed by atoms with Gasteiger partial charge in [-0.3, -0.25) is 19.3 Å². The molecule has 0 unspecified atom stereocenters. The average molecular weight is 386 g/mol. The van der Waals surface area contributed by atoms with E-state index in [-0.39, 0.29) is 25.5 Å². The number of rotatable bonds is 5. The number of esters is 1. The molecule has 2 aromatic rings. The van der Waals surface area contributed by atoms with Crippen LogP contribution in [0.2, 0.25) is 0 Å². The van der Waals surface area contributed by atoms with Crippen LogP contribution in [0, 0.1) is 5.82 Å². The molecule has 1 aliphatic rings. The van der Waals surface area contributed by atoms with Gasteiger partial charge in [0.05, 0.1) is 18.7 Å². The van der Waals surface area contributed by atoms with Gasteiger partial charge in [0.25, 0.3) is 5.91 Å². The van der Waals surface area contributed by atoms with Crippen LogP contribution in [0.25, 0.3) is 0 Å². The zero-order chi connectivity index (χ0) is 20.1. The third kappa shape index (κ3) is 4.64. The Morgan fingerprint density at radius 1 is 1.21 bits per heavy atom. The van der Waals surface area contributed by atoms with Crippen LogP contribution in [0.5, 0.6) is 5.75 Å². The molecule has 0 radical (unpaired) electrons. The number of benzene rings is 2. The van der Waals surface area contributed by atoms with Gasteiger partial charge >= 0.3 is 5.97 Å². The van der Waals surface area contributed by atoms with Gasteiger partial charge in [-0.2, -0.15) is 0 Å². The fourth-order valence-electron chi connectivity index (χ4n) is 2.69. The molecule has 8 heteroatoms. The van der Waals surface area contributed by atoms with Gasteiger partial charge in [-0.05, 0) is 43.3 Å². The smallest absolute Gasteiger partial charge is 0.326 e. The van der Waals surface area contributed by atoms with Crippen LogP contribution >= 0.6 is 0 Å². The summed E-state index contributed by atoms with van der Waals surface area (Å²) < 4.78 is 23.6. The van der Waals surface area contributed by atoms with Gasteiger partial charge in [0.1, 0.15) is 18.1 Å². The van der Waals surface area contributed by atoms with Crippen molar-refractivity contribution >= 4 is 29.2 Å². The van der Waals surface area contributed by atoms with Crippen molar-refractivity contribution in [3.8, 4) is 5.75 Å². The number of amides is 2. The van der Waals surface area contributed by atoms with Crippen molar-refractivity contribution in [2.75, 3.05) is 23.4 Å². The highest BCUT2D eigenvalue weighted by Gasteiger charge is 2.27. The minimum atomic E-state index is -1.09. The van der Waals surface area contributed by atoms with E-state index in [0.29, 0.717) is 17.1 Å². The second kappa shape index (κ2) is 8.51. The molecule has 0 aromatic heterocycles. The summed E-state index contributed by atoms with van der Waals surface area (Å²) in [5.74, 6) is -1.49. The molecular weight excluding hydrogens is 367 g/mol. The van der Waals surface area contributed by atoms with Crippen molar-refractivity contribution in [3.05, 3.63) is 54.3 Å². The predicted octanol–water partition coefficient (Wildman–Crippen LogP) is 2.51. The maximum atomic E-state index is 12.9. The summed E-state index contributed by atoms with van der Waals surface area (Å²) in [6.07, 6.45) is -0.964. The number of para-hydroxylation sites is 2.